The fraction of sp³-hybridized carbons (Fsp3) is 0.562. The molecule has 1 aliphatic heterocycles. The molecule has 1 saturated heterocycles. The summed E-state index contributed by atoms with van der Waals surface area (Å²) >= 11 is 3.47. The summed E-state index contributed by atoms with van der Waals surface area (Å²) in [6.45, 7) is 5.16. The third kappa shape index (κ3) is 5.23. The van der Waals surface area contributed by atoms with Gasteiger partial charge >= 0.3 is 0 Å². The lowest BCUT2D eigenvalue weighted by molar-refractivity contribution is -0.126. The molecule has 1 aromatic carbocycles. The molecule has 4 nitrogen and oxygen atoms in total. The number of hydrogen-bond donors (Lipinski definition) is 2. The van der Waals surface area contributed by atoms with Gasteiger partial charge in [-0.2, -0.15) is 0 Å². The number of carbonyl (C=O) groups excluding carboxylic acids is 1. The average Bonchev–Trinajstić information content (AvgIpc) is 2.52. The minimum absolute atomic E-state index is 0. The minimum Gasteiger partial charge on any atom is -0.355 e. The van der Waals surface area contributed by atoms with E-state index >= 15 is 0 Å². The van der Waals surface area contributed by atoms with Crippen LogP contribution < -0.4 is 11.1 Å². The van der Waals surface area contributed by atoms with E-state index < -0.39 is 0 Å². The van der Waals surface area contributed by atoms with Gasteiger partial charge in [-0.3, -0.25) is 9.69 Å². The van der Waals surface area contributed by atoms with Crippen molar-refractivity contribution in [1.82, 2.24) is 10.2 Å². The van der Waals surface area contributed by atoms with Crippen LogP contribution in [-0.4, -0.2) is 37.0 Å². The molecule has 0 aliphatic carbocycles. The summed E-state index contributed by atoms with van der Waals surface area (Å²) in [5.41, 5.74) is 6.73. The standard InChI is InChI=1S/C16H24BrN3O.ClH/c1-12(13-4-6-15(17)7-5-13)20-10-2-3-14(11-20)16(21)19-9-8-18;/h4-7,12,14H,2-3,8-11,18H2,1H3,(H,19,21);1H. The molecule has 6 heteroatoms. The Labute approximate surface area is 147 Å². The second-order valence-corrected chi connectivity index (χ2v) is 6.56. The first-order valence-electron chi connectivity index (χ1n) is 7.59. The first-order valence-corrected chi connectivity index (χ1v) is 8.38. The molecule has 2 atom stereocenters. The van der Waals surface area contributed by atoms with E-state index in [2.05, 4.69) is 57.3 Å². The molecule has 2 rings (SSSR count). The number of nitrogens with one attached hydrogen (secondary N) is 1. The maximum absolute atomic E-state index is 12.1. The van der Waals surface area contributed by atoms with Crippen molar-refractivity contribution in [2.75, 3.05) is 26.2 Å². The molecule has 1 aliphatic rings. The van der Waals surface area contributed by atoms with Gasteiger partial charge in [0.2, 0.25) is 5.91 Å². The number of rotatable bonds is 5. The molecule has 1 aromatic rings. The largest absolute Gasteiger partial charge is 0.355 e. The molecule has 1 fully saturated rings. The minimum atomic E-state index is 0. The quantitative estimate of drug-likeness (QED) is 0.813. The molecule has 124 valence electrons. The Morgan fingerprint density at radius 3 is 2.77 bits per heavy atom. The van der Waals surface area contributed by atoms with Crippen LogP contribution in [0.2, 0.25) is 0 Å². The monoisotopic (exact) mass is 389 g/mol. The van der Waals surface area contributed by atoms with Crippen LogP contribution in [0.5, 0.6) is 0 Å². The Balaban J connectivity index is 0.00000242. The van der Waals surface area contributed by atoms with Crippen LogP contribution in [0.25, 0.3) is 0 Å². The van der Waals surface area contributed by atoms with Crippen LogP contribution in [0.15, 0.2) is 28.7 Å². The number of carbonyl (C=O) groups is 1. The maximum Gasteiger partial charge on any atom is 0.224 e. The predicted molar refractivity (Wildman–Crippen MR) is 96.2 cm³/mol. The highest BCUT2D eigenvalue weighted by atomic mass is 79.9. The smallest absolute Gasteiger partial charge is 0.224 e. The van der Waals surface area contributed by atoms with Crippen molar-refractivity contribution in [1.29, 1.82) is 0 Å². The number of halogens is 2. The SMILES string of the molecule is CC(c1ccc(Br)cc1)N1CCCC(C(=O)NCCN)C1.Cl. The lowest BCUT2D eigenvalue weighted by atomic mass is 9.94. The summed E-state index contributed by atoms with van der Waals surface area (Å²) in [6, 6.07) is 8.77. The molecule has 0 bridgehead atoms. The van der Waals surface area contributed by atoms with Gasteiger partial charge in [0, 0.05) is 30.1 Å². The van der Waals surface area contributed by atoms with Crippen LogP contribution in [0.3, 0.4) is 0 Å². The number of benzene rings is 1. The molecule has 1 heterocycles. The van der Waals surface area contributed by atoms with Crippen molar-refractivity contribution in [2.24, 2.45) is 11.7 Å². The molecule has 2 unspecified atom stereocenters. The lowest BCUT2D eigenvalue weighted by Crippen LogP contribution is -2.44. The van der Waals surface area contributed by atoms with Crippen molar-refractivity contribution < 1.29 is 4.79 Å². The van der Waals surface area contributed by atoms with Crippen LogP contribution in [0, 0.1) is 5.92 Å². The van der Waals surface area contributed by atoms with Gasteiger partial charge in [-0.05, 0) is 44.0 Å². The van der Waals surface area contributed by atoms with Gasteiger partial charge < -0.3 is 11.1 Å². The van der Waals surface area contributed by atoms with Gasteiger partial charge in [-0.1, -0.05) is 28.1 Å². The second kappa shape index (κ2) is 9.50. The summed E-state index contributed by atoms with van der Waals surface area (Å²) in [7, 11) is 0. The van der Waals surface area contributed by atoms with Gasteiger partial charge in [0.1, 0.15) is 0 Å². The van der Waals surface area contributed by atoms with Crippen molar-refractivity contribution in [3.8, 4) is 0 Å². The first kappa shape index (κ1) is 19.4. The van der Waals surface area contributed by atoms with Crippen LogP contribution in [0.1, 0.15) is 31.4 Å². The number of likely N-dealkylation sites (tertiary alicyclic amines) is 1. The lowest BCUT2D eigenvalue weighted by Gasteiger charge is -2.36. The zero-order valence-corrected chi connectivity index (χ0v) is 15.3. The summed E-state index contributed by atoms with van der Waals surface area (Å²) in [5.74, 6) is 0.233. The van der Waals surface area contributed by atoms with Gasteiger partial charge in [0.05, 0.1) is 5.92 Å². The topological polar surface area (TPSA) is 58.4 Å². The maximum atomic E-state index is 12.1. The molecule has 22 heavy (non-hydrogen) atoms. The highest BCUT2D eigenvalue weighted by Crippen LogP contribution is 2.27. The Kier molecular flexibility index (Phi) is 8.39. The zero-order chi connectivity index (χ0) is 15.2. The van der Waals surface area contributed by atoms with Gasteiger partial charge in [0.15, 0.2) is 0 Å². The van der Waals surface area contributed by atoms with Gasteiger partial charge in [-0.25, -0.2) is 0 Å². The Morgan fingerprint density at radius 1 is 1.45 bits per heavy atom. The highest BCUT2D eigenvalue weighted by molar-refractivity contribution is 9.10. The van der Waals surface area contributed by atoms with E-state index in [1.807, 2.05) is 0 Å². The van der Waals surface area contributed by atoms with E-state index in [0.29, 0.717) is 19.1 Å². The average molecular weight is 391 g/mol. The molecule has 0 aromatic heterocycles. The first-order chi connectivity index (χ1) is 10.1. The predicted octanol–water partition coefficient (Wildman–Crippen LogP) is 2.72. The summed E-state index contributed by atoms with van der Waals surface area (Å²) in [5, 5.41) is 2.91. The van der Waals surface area contributed by atoms with E-state index in [0.717, 1.165) is 30.4 Å². The number of nitrogens with two attached hydrogens (primary N) is 1. The number of hydrogen-bond acceptors (Lipinski definition) is 3. The van der Waals surface area contributed by atoms with Crippen LogP contribution in [0.4, 0.5) is 0 Å². The molecular weight excluding hydrogens is 366 g/mol. The summed E-state index contributed by atoms with van der Waals surface area (Å²) in [4.78, 5) is 14.5. The van der Waals surface area contributed by atoms with Crippen molar-refractivity contribution in [3.05, 3.63) is 34.3 Å². The Morgan fingerprint density at radius 2 is 2.14 bits per heavy atom. The van der Waals surface area contributed by atoms with Gasteiger partial charge in [-0.15, -0.1) is 12.4 Å². The van der Waals surface area contributed by atoms with E-state index in [1.165, 1.54) is 5.56 Å². The molecule has 1 amide bonds. The van der Waals surface area contributed by atoms with E-state index in [1.54, 1.807) is 0 Å². The van der Waals surface area contributed by atoms with Crippen molar-refractivity contribution in [2.45, 2.75) is 25.8 Å². The molecule has 0 radical (unpaired) electrons. The van der Waals surface area contributed by atoms with Crippen molar-refractivity contribution >= 4 is 34.2 Å². The van der Waals surface area contributed by atoms with E-state index in [4.69, 9.17) is 5.73 Å². The van der Waals surface area contributed by atoms with Crippen molar-refractivity contribution in [3.63, 3.8) is 0 Å². The summed E-state index contributed by atoms with van der Waals surface area (Å²) in [6.07, 6.45) is 2.04. The Bertz CT molecular complexity index is 469. The highest BCUT2D eigenvalue weighted by Gasteiger charge is 2.28. The normalized spacial score (nSPS) is 20.0. The molecule has 3 N–H and O–H groups in total. The summed E-state index contributed by atoms with van der Waals surface area (Å²) < 4.78 is 1.09. The third-order valence-electron chi connectivity index (χ3n) is 4.17. The van der Waals surface area contributed by atoms with Crippen LogP contribution >= 0.6 is 28.3 Å². The molecular formula is C16H25BrClN3O. The zero-order valence-electron chi connectivity index (χ0n) is 12.9. The number of amides is 1. The van der Waals surface area contributed by atoms with E-state index in [-0.39, 0.29) is 24.2 Å². The fourth-order valence-electron chi connectivity index (χ4n) is 2.86. The third-order valence-corrected chi connectivity index (χ3v) is 4.70. The fourth-order valence-corrected chi connectivity index (χ4v) is 3.13. The number of piperidine rings is 1. The van der Waals surface area contributed by atoms with E-state index in [9.17, 15) is 4.79 Å². The second-order valence-electron chi connectivity index (χ2n) is 5.64. The van der Waals surface area contributed by atoms with Crippen LogP contribution in [-0.2, 0) is 4.79 Å². The molecule has 0 saturated carbocycles. The molecule has 0 spiro atoms. The van der Waals surface area contributed by atoms with Gasteiger partial charge in [0.25, 0.3) is 0 Å². The number of nitrogens with zero attached hydrogens (tertiary/aromatic N) is 1. The Hall–Kier alpha value is -0.620.